The van der Waals surface area contributed by atoms with Crippen LogP contribution >= 0.6 is 0 Å². The van der Waals surface area contributed by atoms with Gasteiger partial charge in [0.15, 0.2) is 0 Å². The van der Waals surface area contributed by atoms with Gasteiger partial charge in [-0.2, -0.15) is 10.5 Å². The molecule has 0 amide bonds. The van der Waals surface area contributed by atoms with Gasteiger partial charge in [-0.25, -0.2) is 4.98 Å². The van der Waals surface area contributed by atoms with Gasteiger partial charge < -0.3 is 4.90 Å². The fourth-order valence-corrected chi connectivity index (χ4v) is 2.24. The topological polar surface area (TPSA) is 67.0 Å². The van der Waals surface area contributed by atoms with E-state index in [0.29, 0.717) is 12.0 Å². The minimum Gasteiger partial charge on any atom is -0.354 e. The van der Waals surface area contributed by atoms with Gasteiger partial charge in [-0.15, -0.1) is 0 Å². The molecule has 1 aromatic rings. The van der Waals surface area contributed by atoms with E-state index in [1.165, 1.54) is 0 Å². The molecule has 0 aromatic carbocycles. The van der Waals surface area contributed by atoms with E-state index in [1.807, 2.05) is 6.07 Å². The monoisotopic (exact) mass is 255 g/mol. The highest BCUT2D eigenvalue weighted by Gasteiger charge is 2.17. The first-order chi connectivity index (χ1) is 9.33. The number of hydrogen-bond donors (Lipinski definition) is 0. The van der Waals surface area contributed by atoms with E-state index < -0.39 is 0 Å². The highest BCUT2D eigenvalue weighted by molar-refractivity contribution is 5.45. The van der Waals surface area contributed by atoms with Gasteiger partial charge in [-0.05, 0) is 25.1 Å². The van der Waals surface area contributed by atoms with Crippen molar-refractivity contribution < 1.29 is 0 Å². The molecule has 0 spiro atoms. The zero-order chi connectivity index (χ0) is 13.5. The van der Waals surface area contributed by atoms with Gasteiger partial charge in [0.1, 0.15) is 5.82 Å². The summed E-state index contributed by atoms with van der Waals surface area (Å²) in [6.07, 6.45) is 3.26. The molecule has 2 heterocycles. The molecule has 0 atom stereocenters. The number of piperazine rings is 1. The normalized spacial score (nSPS) is 15.8. The van der Waals surface area contributed by atoms with Crippen LogP contribution in [0.1, 0.15) is 18.4 Å². The summed E-state index contributed by atoms with van der Waals surface area (Å²) < 4.78 is 0. The van der Waals surface area contributed by atoms with Gasteiger partial charge in [-0.1, -0.05) is 0 Å². The molecular weight excluding hydrogens is 238 g/mol. The van der Waals surface area contributed by atoms with Crippen LogP contribution < -0.4 is 4.90 Å². The van der Waals surface area contributed by atoms with Crippen LogP contribution in [0.5, 0.6) is 0 Å². The second kappa shape index (κ2) is 6.72. The zero-order valence-electron chi connectivity index (χ0n) is 10.9. The molecule has 0 aliphatic carbocycles. The van der Waals surface area contributed by atoms with Crippen molar-refractivity contribution in [3.05, 3.63) is 23.9 Å². The largest absolute Gasteiger partial charge is 0.354 e. The quantitative estimate of drug-likeness (QED) is 0.760. The summed E-state index contributed by atoms with van der Waals surface area (Å²) in [6.45, 7) is 4.82. The van der Waals surface area contributed by atoms with Gasteiger partial charge in [-0.3, -0.25) is 4.90 Å². The van der Waals surface area contributed by atoms with Crippen molar-refractivity contribution in [3.63, 3.8) is 0 Å². The average Bonchev–Trinajstić information content (AvgIpc) is 2.48. The predicted octanol–water partition coefficient (Wildman–Crippen LogP) is 1.38. The molecule has 98 valence electrons. The lowest BCUT2D eigenvalue weighted by Crippen LogP contribution is -2.46. The van der Waals surface area contributed by atoms with E-state index in [0.717, 1.165) is 45.0 Å². The third-order valence-corrected chi connectivity index (χ3v) is 3.33. The zero-order valence-corrected chi connectivity index (χ0v) is 10.9. The van der Waals surface area contributed by atoms with Crippen LogP contribution in [0.15, 0.2) is 18.3 Å². The molecule has 0 bridgehead atoms. The van der Waals surface area contributed by atoms with E-state index >= 15 is 0 Å². The predicted molar refractivity (Wildman–Crippen MR) is 72.5 cm³/mol. The van der Waals surface area contributed by atoms with Gasteiger partial charge in [0.25, 0.3) is 0 Å². The smallest absolute Gasteiger partial charge is 0.129 e. The minimum absolute atomic E-state index is 0.631. The van der Waals surface area contributed by atoms with E-state index in [1.54, 1.807) is 12.3 Å². The third kappa shape index (κ3) is 3.67. The highest BCUT2D eigenvalue weighted by Crippen LogP contribution is 2.14. The molecule has 1 fully saturated rings. The standard InChI is InChI=1S/C14H17N5/c15-4-1-2-6-18-7-9-19(10-8-18)14-11-13(12-16)3-5-17-14/h3,5,11H,1-2,6-10H2. The Labute approximate surface area is 113 Å². The maximum absolute atomic E-state index is 8.89. The van der Waals surface area contributed by atoms with Crippen LogP contribution in [0, 0.1) is 22.7 Å². The van der Waals surface area contributed by atoms with Crippen LogP contribution in [0.3, 0.4) is 0 Å². The van der Waals surface area contributed by atoms with Crippen molar-refractivity contribution in [1.82, 2.24) is 9.88 Å². The Morgan fingerprint density at radius 3 is 2.68 bits per heavy atom. The second-order valence-electron chi connectivity index (χ2n) is 4.60. The van der Waals surface area contributed by atoms with Crippen molar-refractivity contribution in [1.29, 1.82) is 10.5 Å². The summed E-state index contributed by atoms with van der Waals surface area (Å²) in [6, 6.07) is 7.88. The summed E-state index contributed by atoms with van der Waals surface area (Å²) in [5, 5.41) is 17.4. The molecule has 0 radical (unpaired) electrons. The van der Waals surface area contributed by atoms with Crippen molar-refractivity contribution in [2.24, 2.45) is 0 Å². The fraction of sp³-hybridized carbons (Fsp3) is 0.500. The number of hydrogen-bond acceptors (Lipinski definition) is 5. The molecule has 2 rings (SSSR count). The molecule has 1 saturated heterocycles. The van der Waals surface area contributed by atoms with Gasteiger partial charge in [0.05, 0.1) is 17.7 Å². The van der Waals surface area contributed by atoms with Crippen LogP contribution in [-0.2, 0) is 0 Å². The number of anilines is 1. The molecule has 0 unspecified atom stereocenters. The first-order valence-electron chi connectivity index (χ1n) is 6.54. The highest BCUT2D eigenvalue weighted by atomic mass is 15.3. The SMILES string of the molecule is N#CCCCN1CCN(c2cc(C#N)ccn2)CC1. The van der Waals surface area contributed by atoms with Crippen LogP contribution in [0.4, 0.5) is 5.82 Å². The lowest BCUT2D eigenvalue weighted by molar-refractivity contribution is 0.255. The molecule has 1 aromatic heterocycles. The van der Waals surface area contributed by atoms with Crippen LogP contribution in [-0.4, -0.2) is 42.6 Å². The first-order valence-corrected chi connectivity index (χ1v) is 6.54. The maximum atomic E-state index is 8.89. The Morgan fingerprint density at radius 1 is 1.21 bits per heavy atom. The molecule has 5 nitrogen and oxygen atoms in total. The molecule has 0 saturated carbocycles. The summed E-state index contributed by atoms with van der Waals surface area (Å²) in [5.74, 6) is 0.885. The Kier molecular flexibility index (Phi) is 4.72. The molecule has 0 N–H and O–H groups in total. The fourth-order valence-electron chi connectivity index (χ4n) is 2.24. The summed E-state index contributed by atoms with van der Waals surface area (Å²) >= 11 is 0. The van der Waals surface area contributed by atoms with Crippen molar-refractivity contribution >= 4 is 5.82 Å². The second-order valence-corrected chi connectivity index (χ2v) is 4.60. The van der Waals surface area contributed by atoms with E-state index in [2.05, 4.69) is 26.9 Å². The van der Waals surface area contributed by atoms with E-state index in [4.69, 9.17) is 10.5 Å². The lowest BCUT2D eigenvalue weighted by Gasteiger charge is -2.35. The van der Waals surface area contributed by atoms with Crippen LogP contribution in [0.25, 0.3) is 0 Å². The number of rotatable bonds is 4. The third-order valence-electron chi connectivity index (χ3n) is 3.33. The summed E-state index contributed by atoms with van der Waals surface area (Å²) in [5.41, 5.74) is 0.654. The Bertz CT molecular complexity index is 491. The molecule has 5 heteroatoms. The minimum atomic E-state index is 0.631. The average molecular weight is 255 g/mol. The number of pyridine rings is 1. The summed E-state index contributed by atoms with van der Waals surface area (Å²) in [7, 11) is 0. The molecular formula is C14H17N5. The Balaban J connectivity index is 1.86. The summed E-state index contributed by atoms with van der Waals surface area (Å²) in [4.78, 5) is 8.91. The Hall–Kier alpha value is -2.11. The first kappa shape index (κ1) is 13.3. The van der Waals surface area contributed by atoms with Gasteiger partial charge in [0.2, 0.25) is 0 Å². The molecule has 19 heavy (non-hydrogen) atoms. The molecule has 1 aliphatic heterocycles. The van der Waals surface area contributed by atoms with E-state index in [-0.39, 0.29) is 0 Å². The number of nitrogens with zero attached hydrogens (tertiary/aromatic N) is 5. The van der Waals surface area contributed by atoms with Gasteiger partial charge >= 0.3 is 0 Å². The number of nitriles is 2. The van der Waals surface area contributed by atoms with E-state index in [9.17, 15) is 0 Å². The lowest BCUT2D eigenvalue weighted by atomic mass is 10.2. The van der Waals surface area contributed by atoms with Crippen LogP contribution in [0.2, 0.25) is 0 Å². The Morgan fingerprint density at radius 2 is 2.00 bits per heavy atom. The van der Waals surface area contributed by atoms with Gasteiger partial charge in [0, 0.05) is 38.8 Å². The van der Waals surface area contributed by atoms with Crippen molar-refractivity contribution in [2.45, 2.75) is 12.8 Å². The maximum Gasteiger partial charge on any atom is 0.129 e. The van der Waals surface area contributed by atoms with Crippen molar-refractivity contribution in [2.75, 3.05) is 37.6 Å². The number of unbranched alkanes of at least 4 members (excludes halogenated alkanes) is 1. The van der Waals surface area contributed by atoms with Crippen molar-refractivity contribution in [3.8, 4) is 12.1 Å². The molecule has 1 aliphatic rings. The number of aromatic nitrogens is 1.